The molecule has 1 heterocycles. The molecule has 1 saturated heterocycles. The maximum atomic E-state index is 5.89. The quantitative estimate of drug-likeness (QED) is 0.846. The summed E-state index contributed by atoms with van der Waals surface area (Å²) in [7, 11) is 1.73. The minimum Gasteiger partial charge on any atom is -0.496 e. The lowest BCUT2D eigenvalue weighted by molar-refractivity contribution is 0.267. The molecule has 106 valence electrons. The zero-order valence-corrected chi connectivity index (χ0v) is 12.2. The Kier molecular flexibility index (Phi) is 5.08. The molecule has 0 aliphatic carbocycles. The van der Waals surface area contributed by atoms with Crippen LogP contribution in [0, 0.1) is 5.92 Å². The molecule has 1 fully saturated rings. The highest BCUT2D eigenvalue weighted by molar-refractivity contribution is 5.47. The third kappa shape index (κ3) is 3.87. The monoisotopic (exact) mass is 262 g/mol. The summed E-state index contributed by atoms with van der Waals surface area (Å²) in [6.07, 6.45) is 5.32. The summed E-state index contributed by atoms with van der Waals surface area (Å²) in [6.45, 7) is 5.64. The first kappa shape index (κ1) is 14.2. The molecular formula is C16H26N2O. The van der Waals surface area contributed by atoms with E-state index in [1.165, 1.54) is 44.3 Å². The Morgan fingerprint density at radius 2 is 2.16 bits per heavy atom. The van der Waals surface area contributed by atoms with Gasteiger partial charge < -0.3 is 10.5 Å². The van der Waals surface area contributed by atoms with Gasteiger partial charge in [0.2, 0.25) is 0 Å². The van der Waals surface area contributed by atoms with Crippen molar-refractivity contribution in [1.29, 1.82) is 0 Å². The van der Waals surface area contributed by atoms with Crippen molar-refractivity contribution in [3.8, 4) is 5.75 Å². The van der Waals surface area contributed by atoms with E-state index in [0.29, 0.717) is 0 Å². The van der Waals surface area contributed by atoms with E-state index in [1.807, 2.05) is 18.2 Å². The first-order chi connectivity index (χ1) is 9.22. The van der Waals surface area contributed by atoms with Gasteiger partial charge in [-0.2, -0.15) is 0 Å². The van der Waals surface area contributed by atoms with Gasteiger partial charge in [0, 0.05) is 17.8 Å². The average molecular weight is 262 g/mol. The van der Waals surface area contributed by atoms with Crippen molar-refractivity contribution in [2.45, 2.75) is 39.2 Å². The molecule has 0 radical (unpaired) electrons. The molecule has 0 aromatic heterocycles. The zero-order chi connectivity index (χ0) is 13.7. The van der Waals surface area contributed by atoms with Gasteiger partial charge >= 0.3 is 0 Å². The van der Waals surface area contributed by atoms with Crippen molar-refractivity contribution in [3.63, 3.8) is 0 Å². The molecule has 0 bridgehead atoms. The minimum absolute atomic E-state index is 0.817. The molecule has 1 aliphatic heterocycles. The second-order valence-corrected chi connectivity index (χ2v) is 5.55. The summed E-state index contributed by atoms with van der Waals surface area (Å²) < 4.78 is 5.43. The number of nitrogens with two attached hydrogens (primary N) is 1. The van der Waals surface area contributed by atoms with Crippen molar-refractivity contribution in [2.75, 3.05) is 25.9 Å². The first-order valence-corrected chi connectivity index (χ1v) is 7.37. The van der Waals surface area contributed by atoms with Gasteiger partial charge in [-0.3, -0.25) is 4.90 Å². The number of benzene rings is 1. The van der Waals surface area contributed by atoms with Gasteiger partial charge in [0.15, 0.2) is 0 Å². The summed E-state index contributed by atoms with van der Waals surface area (Å²) in [6, 6.07) is 5.91. The van der Waals surface area contributed by atoms with Crippen LogP contribution in [0.1, 0.15) is 38.2 Å². The molecule has 2 N–H and O–H groups in total. The van der Waals surface area contributed by atoms with Gasteiger partial charge in [-0.1, -0.05) is 13.3 Å². The third-order valence-electron chi connectivity index (χ3n) is 4.22. The maximum Gasteiger partial charge on any atom is 0.123 e. The smallest absolute Gasteiger partial charge is 0.123 e. The van der Waals surface area contributed by atoms with Crippen molar-refractivity contribution >= 4 is 5.69 Å². The van der Waals surface area contributed by atoms with Crippen LogP contribution in [0.3, 0.4) is 0 Å². The molecule has 1 aromatic rings. The molecule has 1 atom stereocenters. The molecular weight excluding hydrogens is 236 g/mol. The summed E-state index contributed by atoms with van der Waals surface area (Å²) in [5, 5.41) is 0. The van der Waals surface area contributed by atoms with Gasteiger partial charge in [0.1, 0.15) is 5.75 Å². The van der Waals surface area contributed by atoms with E-state index < -0.39 is 0 Å². The number of nitrogens with zero attached hydrogens (tertiary/aromatic N) is 1. The van der Waals surface area contributed by atoms with Gasteiger partial charge in [-0.25, -0.2) is 0 Å². The summed E-state index contributed by atoms with van der Waals surface area (Å²) in [5.41, 5.74) is 7.91. The van der Waals surface area contributed by atoms with Gasteiger partial charge in [-0.15, -0.1) is 0 Å². The van der Waals surface area contributed by atoms with Crippen LogP contribution in [0.4, 0.5) is 5.69 Å². The van der Waals surface area contributed by atoms with Crippen molar-refractivity contribution < 1.29 is 4.74 Å². The number of anilines is 1. The standard InChI is InChI=1S/C16H26N2O/c1-3-13-5-4-9-18(10-8-13)12-14-11-15(17)6-7-16(14)19-2/h6-7,11,13H,3-5,8-10,12,17H2,1-2H3. The fraction of sp³-hybridized carbons (Fsp3) is 0.625. The van der Waals surface area contributed by atoms with Crippen LogP contribution in [-0.4, -0.2) is 25.1 Å². The average Bonchev–Trinajstić information content (AvgIpc) is 2.64. The molecule has 3 heteroatoms. The molecule has 0 saturated carbocycles. The Morgan fingerprint density at radius 1 is 1.32 bits per heavy atom. The van der Waals surface area contributed by atoms with E-state index in [4.69, 9.17) is 10.5 Å². The fourth-order valence-electron chi connectivity index (χ4n) is 2.95. The summed E-state index contributed by atoms with van der Waals surface area (Å²) >= 11 is 0. The minimum atomic E-state index is 0.817. The fourth-order valence-corrected chi connectivity index (χ4v) is 2.95. The highest BCUT2D eigenvalue weighted by Crippen LogP contribution is 2.25. The van der Waals surface area contributed by atoms with E-state index in [2.05, 4.69) is 11.8 Å². The number of hydrogen-bond acceptors (Lipinski definition) is 3. The molecule has 1 aliphatic rings. The Hall–Kier alpha value is -1.22. The first-order valence-electron chi connectivity index (χ1n) is 7.37. The van der Waals surface area contributed by atoms with Crippen LogP contribution in [-0.2, 0) is 6.54 Å². The Morgan fingerprint density at radius 3 is 2.89 bits per heavy atom. The highest BCUT2D eigenvalue weighted by Gasteiger charge is 2.17. The second-order valence-electron chi connectivity index (χ2n) is 5.55. The summed E-state index contributed by atoms with van der Waals surface area (Å²) in [4.78, 5) is 2.53. The molecule has 3 nitrogen and oxygen atoms in total. The number of likely N-dealkylation sites (tertiary alicyclic amines) is 1. The predicted octanol–water partition coefficient (Wildman–Crippen LogP) is 3.29. The number of rotatable bonds is 4. The number of methoxy groups -OCH3 is 1. The van der Waals surface area contributed by atoms with Crippen LogP contribution in [0.15, 0.2) is 18.2 Å². The van der Waals surface area contributed by atoms with Crippen LogP contribution >= 0.6 is 0 Å². The van der Waals surface area contributed by atoms with E-state index >= 15 is 0 Å². The maximum absolute atomic E-state index is 5.89. The third-order valence-corrected chi connectivity index (χ3v) is 4.22. The van der Waals surface area contributed by atoms with Crippen LogP contribution in [0.5, 0.6) is 5.75 Å². The SMILES string of the molecule is CCC1CCCN(Cc2cc(N)ccc2OC)CC1. The van der Waals surface area contributed by atoms with E-state index in [9.17, 15) is 0 Å². The van der Waals surface area contributed by atoms with Crippen molar-refractivity contribution in [1.82, 2.24) is 4.90 Å². The second kappa shape index (κ2) is 6.80. The lowest BCUT2D eigenvalue weighted by Gasteiger charge is -2.21. The molecule has 1 unspecified atom stereocenters. The zero-order valence-electron chi connectivity index (χ0n) is 12.2. The Bertz CT molecular complexity index is 406. The van der Waals surface area contributed by atoms with Crippen LogP contribution in [0.25, 0.3) is 0 Å². The molecule has 0 spiro atoms. The summed E-state index contributed by atoms with van der Waals surface area (Å²) in [5.74, 6) is 1.86. The molecule has 0 amide bonds. The van der Waals surface area contributed by atoms with Gasteiger partial charge in [0.25, 0.3) is 0 Å². The van der Waals surface area contributed by atoms with E-state index in [-0.39, 0.29) is 0 Å². The number of hydrogen-bond donors (Lipinski definition) is 1. The van der Waals surface area contributed by atoms with Crippen molar-refractivity contribution in [3.05, 3.63) is 23.8 Å². The topological polar surface area (TPSA) is 38.5 Å². The Balaban J connectivity index is 2.02. The predicted molar refractivity (Wildman–Crippen MR) is 80.3 cm³/mol. The van der Waals surface area contributed by atoms with Crippen LogP contribution in [0.2, 0.25) is 0 Å². The largest absolute Gasteiger partial charge is 0.496 e. The lowest BCUT2D eigenvalue weighted by atomic mass is 9.98. The normalized spacial score (nSPS) is 21.1. The molecule has 19 heavy (non-hydrogen) atoms. The Labute approximate surface area is 116 Å². The number of ether oxygens (including phenoxy) is 1. The van der Waals surface area contributed by atoms with Crippen LogP contribution < -0.4 is 10.5 Å². The lowest BCUT2D eigenvalue weighted by Crippen LogP contribution is -2.24. The number of nitrogen functional groups attached to an aromatic ring is 1. The van der Waals surface area contributed by atoms with Crippen molar-refractivity contribution in [2.24, 2.45) is 5.92 Å². The molecule has 2 rings (SSSR count). The van der Waals surface area contributed by atoms with E-state index in [0.717, 1.165) is 23.9 Å². The van der Waals surface area contributed by atoms with E-state index in [1.54, 1.807) is 7.11 Å². The highest BCUT2D eigenvalue weighted by atomic mass is 16.5. The van der Waals surface area contributed by atoms with Gasteiger partial charge in [0.05, 0.1) is 7.11 Å². The molecule has 1 aromatic carbocycles. The van der Waals surface area contributed by atoms with Gasteiger partial charge in [-0.05, 0) is 56.5 Å².